The monoisotopic (exact) mass is 712 g/mol. The Kier molecular flexibility index (Phi) is 14.6. The molecule has 0 N–H and O–H groups in total. The van der Waals surface area contributed by atoms with Crippen molar-refractivity contribution in [3.8, 4) is 0 Å². The van der Waals surface area contributed by atoms with Crippen LogP contribution in [0.25, 0.3) is 0 Å². The van der Waals surface area contributed by atoms with E-state index >= 15 is 0 Å². The zero-order chi connectivity index (χ0) is 24.7. The number of benzene rings is 3. The third kappa shape index (κ3) is 9.37. The number of halogens is 2. The molecule has 0 atom stereocenters. The molecule has 0 aromatic heterocycles. The Bertz CT molecular complexity index is 782. The van der Waals surface area contributed by atoms with Gasteiger partial charge in [-0.25, -0.2) is 0 Å². The van der Waals surface area contributed by atoms with E-state index in [4.69, 9.17) is 17.8 Å². The van der Waals surface area contributed by atoms with Crippen molar-refractivity contribution in [3.05, 3.63) is 91.0 Å². The molecule has 0 saturated carbocycles. The number of hydrogen-bond acceptors (Lipinski definition) is 0. The van der Waals surface area contributed by atoms with Gasteiger partial charge in [0.15, 0.2) is 0 Å². The van der Waals surface area contributed by atoms with Crippen molar-refractivity contribution in [1.82, 2.24) is 0 Å². The van der Waals surface area contributed by atoms with E-state index < -0.39 is 34.5 Å². The first kappa shape index (κ1) is 30.1. The first-order valence-corrected chi connectivity index (χ1v) is 30.6. The molecule has 4 heteroatoms. The molecule has 3 aromatic carbocycles. The summed E-state index contributed by atoms with van der Waals surface area (Å²) in [5, 5.41) is 0. The van der Waals surface area contributed by atoms with E-state index in [1.165, 1.54) is 62.6 Å². The van der Waals surface area contributed by atoms with Gasteiger partial charge in [-0.05, 0) is 0 Å². The minimum absolute atomic E-state index is 1.29. The van der Waals surface area contributed by atoms with Crippen LogP contribution in [0.15, 0.2) is 91.0 Å². The topological polar surface area (TPSA) is 0 Å². The van der Waals surface area contributed by atoms with Crippen LogP contribution in [-0.4, -0.2) is 34.5 Å². The average molecular weight is 711 g/mol. The van der Waals surface area contributed by atoms with Crippen LogP contribution in [0.1, 0.15) is 59.3 Å². The van der Waals surface area contributed by atoms with Crippen LogP contribution in [0.2, 0.25) is 13.3 Å². The minimum atomic E-state index is -3.30. The van der Waals surface area contributed by atoms with Gasteiger partial charge in [-0.3, -0.25) is 0 Å². The number of hydrogen-bond donors (Lipinski definition) is 0. The summed E-state index contributed by atoms with van der Waals surface area (Å²) in [5.74, 6) is 0. The summed E-state index contributed by atoms with van der Waals surface area (Å²) in [6.07, 6.45) is 8.12. The fourth-order valence-corrected chi connectivity index (χ4v) is 28.6. The second-order valence-electron chi connectivity index (χ2n) is 9.22. The molecule has 0 amide bonds. The molecule has 0 saturated heterocycles. The fourth-order valence-electron chi connectivity index (χ4n) is 4.36. The van der Waals surface area contributed by atoms with Crippen molar-refractivity contribution in [2.75, 3.05) is 0 Å². The van der Waals surface area contributed by atoms with Gasteiger partial charge in [-0.15, -0.1) is 0 Å². The Morgan fingerprint density at radius 3 is 0.971 bits per heavy atom. The molecule has 0 heterocycles. The van der Waals surface area contributed by atoms with Gasteiger partial charge in [0.1, 0.15) is 0 Å². The second-order valence-corrected chi connectivity index (χ2v) is 38.0. The predicted molar refractivity (Wildman–Crippen MR) is 161 cm³/mol. The summed E-state index contributed by atoms with van der Waals surface area (Å²) in [6.45, 7) is 6.84. The first-order valence-electron chi connectivity index (χ1n) is 13.0. The number of unbranched alkanes of at least 4 members (excludes halogenated alkanes) is 3. The molecule has 34 heavy (non-hydrogen) atoms. The molecule has 184 valence electrons. The van der Waals surface area contributed by atoms with Crippen LogP contribution in [0, 0.1) is 0 Å². The van der Waals surface area contributed by atoms with E-state index in [0.29, 0.717) is 0 Å². The van der Waals surface area contributed by atoms with Crippen LogP contribution >= 0.6 is 17.8 Å². The van der Waals surface area contributed by atoms with Crippen LogP contribution in [0.4, 0.5) is 0 Å². The molecule has 0 aliphatic carbocycles. The molecule has 0 bridgehead atoms. The van der Waals surface area contributed by atoms with Gasteiger partial charge in [0.05, 0.1) is 0 Å². The SMILES string of the molecule is CCC[CH2][Sn]([Cl])([CH2]CCC)[CH2]CCC.[Cl][Sn]([c]1ccccc1)([c]1ccccc1)[c]1ccccc1. The Hall–Kier alpha value is -0.163. The van der Waals surface area contributed by atoms with E-state index in [1.54, 1.807) is 0 Å². The normalized spacial score (nSPS) is 11.6. The van der Waals surface area contributed by atoms with Gasteiger partial charge in [0.25, 0.3) is 0 Å². The van der Waals surface area contributed by atoms with Crippen molar-refractivity contribution in [2.45, 2.75) is 72.6 Å². The standard InChI is InChI=1S/3C6H5.3C4H9.2ClH.2Sn/c3*1-2-4-6-5-3-1;3*1-3-4-2;;;;/h3*1-5H;3*1,3-4H2,2H3;2*1H;;/q;;;;;;;;2*+1/p-2. The third-order valence-electron chi connectivity index (χ3n) is 6.45. The Morgan fingerprint density at radius 2 is 0.735 bits per heavy atom. The van der Waals surface area contributed by atoms with E-state index in [-0.39, 0.29) is 0 Å². The van der Waals surface area contributed by atoms with E-state index in [9.17, 15) is 0 Å². The van der Waals surface area contributed by atoms with Gasteiger partial charge in [0, 0.05) is 0 Å². The first-order chi connectivity index (χ1) is 16.5. The molecule has 3 rings (SSSR count). The molecule has 0 spiro atoms. The van der Waals surface area contributed by atoms with Crippen LogP contribution < -0.4 is 10.7 Å². The van der Waals surface area contributed by atoms with Gasteiger partial charge < -0.3 is 0 Å². The summed E-state index contributed by atoms with van der Waals surface area (Å²) < 4.78 is 8.15. The molecular formula is C30H42Cl2Sn2. The molecular weight excluding hydrogens is 669 g/mol. The van der Waals surface area contributed by atoms with Crippen molar-refractivity contribution in [3.63, 3.8) is 0 Å². The Morgan fingerprint density at radius 1 is 0.471 bits per heavy atom. The Balaban J connectivity index is 0.000000259. The van der Waals surface area contributed by atoms with Gasteiger partial charge >= 0.3 is 227 Å². The quantitative estimate of drug-likeness (QED) is 0.166. The maximum absolute atomic E-state index is 7.33. The van der Waals surface area contributed by atoms with E-state index in [2.05, 4.69) is 93.6 Å². The summed E-state index contributed by atoms with van der Waals surface area (Å²) >= 11 is -5.40. The molecule has 3 aromatic rings. The molecule has 0 nitrogen and oxygen atoms in total. The van der Waals surface area contributed by atoms with Gasteiger partial charge in [0.2, 0.25) is 0 Å². The van der Waals surface area contributed by atoms with Crippen LogP contribution in [-0.2, 0) is 0 Å². The third-order valence-corrected chi connectivity index (χ3v) is 35.0. The van der Waals surface area contributed by atoms with Gasteiger partial charge in [-0.1, -0.05) is 0 Å². The van der Waals surface area contributed by atoms with E-state index in [0.717, 1.165) is 0 Å². The van der Waals surface area contributed by atoms with Crippen LogP contribution in [0.5, 0.6) is 0 Å². The van der Waals surface area contributed by atoms with Crippen molar-refractivity contribution in [2.24, 2.45) is 0 Å². The Labute approximate surface area is 224 Å². The van der Waals surface area contributed by atoms with Gasteiger partial charge in [-0.2, -0.15) is 0 Å². The molecule has 0 aliphatic rings. The summed E-state index contributed by atoms with van der Waals surface area (Å²) in [4.78, 5) is 0. The summed E-state index contributed by atoms with van der Waals surface area (Å²) in [6, 6.07) is 31.6. The number of rotatable bonds is 12. The molecule has 0 unspecified atom stereocenters. The fraction of sp³-hybridized carbons (Fsp3) is 0.400. The maximum atomic E-state index is 7.33. The van der Waals surface area contributed by atoms with Crippen molar-refractivity contribution in [1.29, 1.82) is 0 Å². The average Bonchev–Trinajstić information content (AvgIpc) is 2.91. The second kappa shape index (κ2) is 16.6. The molecule has 0 radical (unpaired) electrons. The molecule has 0 aliphatic heterocycles. The summed E-state index contributed by atoms with van der Waals surface area (Å²) in [7, 11) is 14.2. The molecule has 0 fully saturated rings. The zero-order valence-electron chi connectivity index (χ0n) is 21.3. The van der Waals surface area contributed by atoms with Crippen molar-refractivity contribution < 1.29 is 0 Å². The van der Waals surface area contributed by atoms with Crippen molar-refractivity contribution >= 4 is 63.1 Å². The van der Waals surface area contributed by atoms with E-state index in [1.807, 2.05) is 18.2 Å². The summed E-state index contributed by atoms with van der Waals surface area (Å²) in [5.41, 5.74) is 0. The zero-order valence-corrected chi connectivity index (χ0v) is 28.5. The predicted octanol–water partition coefficient (Wildman–Crippen LogP) is 8.46. The van der Waals surface area contributed by atoms with Crippen LogP contribution in [0.3, 0.4) is 0 Å².